The van der Waals surface area contributed by atoms with E-state index in [1.807, 2.05) is 6.92 Å². The van der Waals surface area contributed by atoms with Crippen LogP contribution in [0.2, 0.25) is 0 Å². The van der Waals surface area contributed by atoms with Crippen LogP contribution >= 0.6 is 0 Å². The molecule has 82 valence electrons. The molecule has 4 nitrogen and oxygen atoms in total. The summed E-state index contributed by atoms with van der Waals surface area (Å²) in [4.78, 5) is 11.1. The first kappa shape index (κ1) is 11.5. The summed E-state index contributed by atoms with van der Waals surface area (Å²) in [5.41, 5.74) is 0. The smallest absolute Gasteiger partial charge is 0.246 e. The summed E-state index contributed by atoms with van der Waals surface area (Å²) in [6.07, 6.45) is 2.38. The molecule has 1 heterocycles. The average Bonchev–Trinajstić information content (AvgIpc) is 2.17. The van der Waals surface area contributed by atoms with Crippen molar-refractivity contribution in [2.45, 2.75) is 38.8 Å². The van der Waals surface area contributed by atoms with Crippen molar-refractivity contribution in [2.75, 3.05) is 19.7 Å². The Morgan fingerprint density at radius 2 is 2.36 bits per heavy atom. The van der Waals surface area contributed by atoms with Crippen LogP contribution in [0.1, 0.15) is 26.7 Å². The minimum absolute atomic E-state index is 0.0221. The van der Waals surface area contributed by atoms with E-state index in [4.69, 9.17) is 4.74 Å². The second-order valence-corrected chi connectivity index (χ2v) is 3.77. The van der Waals surface area contributed by atoms with Crippen LogP contribution in [0, 0.1) is 0 Å². The maximum atomic E-state index is 11.1. The Morgan fingerprint density at radius 3 is 2.93 bits per heavy atom. The topological polar surface area (TPSA) is 50.4 Å². The monoisotopic (exact) mass is 200 g/mol. The summed E-state index contributed by atoms with van der Waals surface area (Å²) in [6.45, 7) is 5.79. The van der Waals surface area contributed by atoms with Crippen LogP contribution in [-0.2, 0) is 9.53 Å². The van der Waals surface area contributed by atoms with E-state index in [2.05, 4.69) is 17.6 Å². The van der Waals surface area contributed by atoms with E-state index in [0.717, 1.165) is 19.4 Å². The fraction of sp³-hybridized carbons (Fsp3) is 0.900. The molecule has 14 heavy (non-hydrogen) atoms. The molecule has 0 aromatic heterocycles. The molecule has 2 unspecified atom stereocenters. The van der Waals surface area contributed by atoms with E-state index in [-0.39, 0.29) is 18.6 Å². The molecule has 0 radical (unpaired) electrons. The van der Waals surface area contributed by atoms with Crippen molar-refractivity contribution in [1.82, 2.24) is 10.6 Å². The highest BCUT2D eigenvalue weighted by Gasteiger charge is 2.18. The third-order valence-corrected chi connectivity index (χ3v) is 2.44. The molecule has 0 bridgehead atoms. The number of ether oxygens (including phenoxy) is 1. The molecule has 0 saturated carbocycles. The van der Waals surface area contributed by atoms with Crippen LogP contribution in [0.15, 0.2) is 0 Å². The SMILES string of the molecule is CCNC(=O)COC1CCC(C)NC1. The Kier molecular flexibility index (Phi) is 4.90. The number of piperidine rings is 1. The van der Waals surface area contributed by atoms with Crippen LogP contribution in [0.25, 0.3) is 0 Å². The number of rotatable bonds is 4. The van der Waals surface area contributed by atoms with Gasteiger partial charge in [0.15, 0.2) is 0 Å². The van der Waals surface area contributed by atoms with E-state index in [1.165, 1.54) is 0 Å². The highest BCUT2D eigenvalue weighted by atomic mass is 16.5. The summed E-state index contributed by atoms with van der Waals surface area (Å²) in [5.74, 6) is -0.0221. The van der Waals surface area contributed by atoms with Crippen molar-refractivity contribution < 1.29 is 9.53 Å². The molecule has 2 N–H and O–H groups in total. The predicted octanol–water partition coefficient (Wildman–Crippen LogP) is 0.280. The van der Waals surface area contributed by atoms with Crippen LogP contribution in [0.5, 0.6) is 0 Å². The normalized spacial score (nSPS) is 27.3. The third kappa shape index (κ3) is 4.07. The fourth-order valence-corrected chi connectivity index (χ4v) is 1.56. The molecule has 1 amide bonds. The molecular weight excluding hydrogens is 180 g/mol. The molecule has 0 aliphatic carbocycles. The molecule has 1 aliphatic heterocycles. The summed E-state index contributed by atoms with van der Waals surface area (Å²) in [5, 5.41) is 6.04. The van der Waals surface area contributed by atoms with Gasteiger partial charge in [-0.15, -0.1) is 0 Å². The van der Waals surface area contributed by atoms with Gasteiger partial charge in [0.1, 0.15) is 6.61 Å². The molecular formula is C10H20N2O2. The minimum Gasteiger partial charge on any atom is -0.367 e. The average molecular weight is 200 g/mol. The number of carbonyl (C=O) groups is 1. The molecule has 1 saturated heterocycles. The van der Waals surface area contributed by atoms with Crippen molar-refractivity contribution in [1.29, 1.82) is 0 Å². The fourth-order valence-electron chi connectivity index (χ4n) is 1.56. The number of carbonyl (C=O) groups excluding carboxylic acids is 1. The number of likely N-dealkylation sites (N-methyl/N-ethyl adjacent to an activating group) is 1. The van der Waals surface area contributed by atoms with Gasteiger partial charge in [0.25, 0.3) is 0 Å². The van der Waals surface area contributed by atoms with Gasteiger partial charge in [-0.3, -0.25) is 4.79 Å². The van der Waals surface area contributed by atoms with Crippen molar-refractivity contribution >= 4 is 5.91 Å². The Labute approximate surface area is 85.4 Å². The molecule has 0 aromatic carbocycles. The molecule has 1 aliphatic rings. The van der Waals surface area contributed by atoms with Crippen LogP contribution < -0.4 is 10.6 Å². The zero-order valence-corrected chi connectivity index (χ0v) is 9.01. The lowest BCUT2D eigenvalue weighted by Crippen LogP contribution is -2.42. The first-order valence-corrected chi connectivity index (χ1v) is 5.34. The first-order chi connectivity index (χ1) is 6.72. The maximum absolute atomic E-state index is 11.1. The molecule has 1 fully saturated rings. The second-order valence-electron chi connectivity index (χ2n) is 3.77. The van der Waals surface area contributed by atoms with Gasteiger partial charge in [-0.2, -0.15) is 0 Å². The van der Waals surface area contributed by atoms with Gasteiger partial charge in [-0.05, 0) is 26.7 Å². The highest BCUT2D eigenvalue weighted by molar-refractivity contribution is 5.77. The molecule has 2 atom stereocenters. The van der Waals surface area contributed by atoms with Gasteiger partial charge in [0, 0.05) is 19.1 Å². The van der Waals surface area contributed by atoms with Crippen molar-refractivity contribution in [3.05, 3.63) is 0 Å². The lowest BCUT2D eigenvalue weighted by molar-refractivity contribution is -0.128. The van der Waals surface area contributed by atoms with Crippen LogP contribution in [0.3, 0.4) is 0 Å². The van der Waals surface area contributed by atoms with E-state index < -0.39 is 0 Å². The lowest BCUT2D eigenvalue weighted by atomic mass is 10.0. The van der Waals surface area contributed by atoms with Crippen LogP contribution in [0.4, 0.5) is 0 Å². The Bertz CT molecular complexity index is 177. The van der Waals surface area contributed by atoms with Crippen molar-refractivity contribution in [2.24, 2.45) is 0 Å². The number of hydrogen-bond acceptors (Lipinski definition) is 3. The standard InChI is InChI=1S/C10H20N2O2/c1-3-11-10(13)7-14-9-5-4-8(2)12-6-9/h8-9,12H,3-7H2,1-2H3,(H,11,13). The predicted molar refractivity (Wildman–Crippen MR) is 55.1 cm³/mol. The van der Waals surface area contributed by atoms with Crippen molar-refractivity contribution in [3.8, 4) is 0 Å². The first-order valence-electron chi connectivity index (χ1n) is 5.34. The summed E-state index contributed by atoms with van der Waals surface area (Å²) in [7, 11) is 0. The zero-order valence-electron chi connectivity index (χ0n) is 9.01. The lowest BCUT2D eigenvalue weighted by Gasteiger charge is -2.27. The zero-order chi connectivity index (χ0) is 10.4. The third-order valence-electron chi connectivity index (χ3n) is 2.44. The van der Waals surface area contributed by atoms with E-state index in [0.29, 0.717) is 12.6 Å². The minimum atomic E-state index is -0.0221. The summed E-state index contributed by atoms with van der Waals surface area (Å²) >= 11 is 0. The number of amides is 1. The Hall–Kier alpha value is -0.610. The van der Waals surface area contributed by atoms with Crippen LogP contribution in [-0.4, -0.2) is 37.7 Å². The molecule has 0 spiro atoms. The van der Waals surface area contributed by atoms with Gasteiger partial charge in [0.2, 0.25) is 5.91 Å². The Morgan fingerprint density at radius 1 is 1.57 bits per heavy atom. The molecule has 4 heteroatoms. The van der Waals surface area contributed by atoms with Gasteiger partial charge >= 0.3 is 0 Å². The van der Waals surface area contributed by atoms with Crippen molar-refractivity contribution in [3.63, 3.8) is 0 Å². The number of hydrogen-bond donors (Lipinski definition) is 2. The number of nitrogens with one attached hydrogen (secondary N) is 2. The maximum Gasteiger partial charge on any atom is 0.246 e. The van der Waals surface area contributed by atoms with Gasteiger partial charge in [-0.1, -0.05) is 0 Å². The summed E-state index contributed by atoms with van der Waals surface area (Å²) in [6, 6.07) is 0.583. The largest absolute Gasteiger partial charge is 0.367 e. The molecule has 1 rings (SSSR count). The van der Waals surface area contributed by atoms with Gasteiger partial charge in [0.05, 0.1) is 6.10 Å². The van der Waals surface area contributed by atoms with Gasteiger partial charge < -0.3 is 15.4 Å². The summed E-state index contributed by atoms with van der Waals surface area (Å²) < 4.78 is 5.47. The molecule has 0 aromatic rings. The van der Waals surface area contributed by atoms with E-state index in [1.54, 1.807) is 0 Å². The van der Waals surface area contributed by atoms with Gasteiger partial charge in [-0.25, -0.2) is 0 Å². The van der Waals surface area contributed by atoms with E-state index in [9.17, 15) is 4.79 Å². The highest BCUT2D eigenvalue weighted by Crippen LogP contribution is 2.10. The second kappa shape index (κ2) is 5.98. The van der Waals surface area contributed by atoms with E-state index >= 15 is 0 Å². The quantitative estimate of drug-likeness (QED) is 0.685. The Balaban J connectivity index is 2.09.